The number of nitrogens with zero attached hydrogens (tertiary/aromatic N) is 1. The molecular weight excluding hydrogens is 341 g/mol. The minimum absolute atomic E-state index is 0.317. The molecule has 3 rings (SSSR count). The van der Waals surface area contributed by atoms with E-state index in [0.717, 1.165) is 21.3 Å². The molecule has 3 aromatic rings. The van der Waals surface area contributed by atoms with Crippen LogP contribution in [0.4, 0.5) is 10.1 Å². The van der Waals surface area contributed by atoms with E-state index in [0.29, 0.717) is 5.69 Å². The quantitative estimate of drug-likeness (QED) is 0.531. The molecule has 0 fully saturated rings. The lowest BCUT2D eigenvalue weighted by Crippen LogP contribution is -2.02. The standard InChI is InChI=1S/C19H13BrFN/c20-16-11-12-17(21)18(13-16)22-19(14-7-3-1-4-8-14)15-9-5-2-6-10-15/h1-13H. The fourth-order valence-corrected chi connectivity index (χ4v) is 2.53. The zero-order valence-corrected chi connectivity index (χ0v) is 13.3. The van der Waals surface area contributed by atoms with Gasteiger partial charge in [0, 0.05) is 15.6 Å². The fraction of sp³-hybridized carbons (Fsp3) is 0. The second-order valence-corrected chi connectivity index (χ2v) is 5.70. The van der Waals surface area contributed by atoms with Gasteiger partial charge < -0.3 is 0 Å². The van der Waals surface area contributed by atoms with E-state index in [1.165, 1.54) is 6.07 Å². The molecule has 0 unspecified atom stereocenters. The number of halogens is 2. The van der Waals surface area contributed by atoms with Crippen LogP contribution < -0.4 is 0 Å². The van der Waals surface area contributed by atoms with Gasteiger partial charge in [-0.15, -0.1) is 0 Å². The van der Waals surface area contributed by atoms with Gasteiger partial charge in [-0.05, 0) is 18.2 Å². The van der Waals surface area contributed by atoms with Crippen molar-refractivity contribution in [2.24, 2.45) is 4.99 Å². The number of hydrogen-bond donors (Lipinski definition) is 0. The van der Waals surface area contributed by atoms with Gasteiger partial charge >= 0.3 is 0 Å². The van der Waals surface area contributed by atoms with Crippen molar-refractivity contribution in [3.63, 3.8) is 0 Å². The summed E-state index contributed by atoms with van der Waals surface area (Å²) in [5.41, 5.74) is 2.97. The van der Waals surface area contributed by atoms with Gasteiger partial charge in [0.25, 0.3) is 0 Å². The number of rotatable bonds is 3. The first-order chi connectivity index (χ1) is 10.7. The highest BCUT2D eigenvalue weighted by Gasteiger charge is 2.09. The lowest BCUT2D eigenvalue weighted by molar-refractivity contribution is 0.629. The average Bonchev–Trinajstić information content (AvgIpc) is 2.57. The van der Waals surface area contributed by atoms with Gasteiger partial charge in [-0.2, -0.15) is 0 Å². The molecule has 0 aliphatic heterocycles. The van der Waals surface area contributed by atoms with Gasteiger partial charge in [-0.1, -0.05) is 76.6 Å². The van der Waals surface area contributed by atoms with Crippen LogP contribution in [-0.2, 0) is 0 Å². The molecule has 0 atom stereocenters. The summed E-state index contributed by atoms with van der Waals surface area (Å²) in [6.07, 6.45) is 0. The Kier molecular flexibility index (Phi) is 4.45. The molecule has 108 valence electrons. The van der Waals surface area contributed by atoms with Gasteiger partial charge in [-0.3, -0.25) is 0 Å². The van der Waals surface area contributed by atoms with Gasteiger partial charge in [0.15, 0.2) is 0 Å². The lowest BCUT2D eigenvalue weighted by Gasteiger charge is -2.08. The maximum absolute atomic E-state index is 14.0. The van der Waals surface area contributed by atoms with E-state index in [1.807, 2.05) is 60.7 Å². The van der Waals surface area contributed by atoms with Crippen LogP contribution in [0.3, 0.4) is 0 Å². The highest BCUT2D eigenvalue weighted by atomic mass is 79.9. The van der Waals surface area contributed by atoms with Crippen LogP contribution in [0.1, 0.15) is 11.1 Å². The molecule has 0 heterocycles. The first-order valence-electron chi connectivity index (χ1n) is 6.88. The molecule has 22 heavy (non-hydrogen) atoms. The van der Waals surface area contributed by atoms with E-state index in [-0.39, 0.29) is 5.82 Å². The molecule has 1 nitrogen and oxygen atoms in total. The van der Waals surface area contributed by atoms with E-state index in [9.17, 15) is 4.39 Å². The lowest BCUT2D eigenvalue weighted by atomic mass is 10.0. The molecule has 0 aromatic heterocycles. The van der Waals surface area contributed by atoms with Gasteiger partial charge in [0.1, 0.15) is 11.5 Å². The Balaban J connectivity index is 2.18. The van der Waals surface area contributed by atoms with Crippen molar-refractivity contribution in [3.8, 4) is 0 Å². The molecule has 0 aliphatic carbocycles. The molecule has 3 aromatic carbocycles. The van der Waals surface area contributed by atoms with Crippen LogP contribution in [0.2, 0.25) is 0 Å². The fourth-order valence-electron chi connectivity index (χ4n) is 2.18. The third-order valence-corrected chi connectivity index (χ3v) is 3.73. The van der Waals surface area contributed by atoms with Crippen LogP contribution in [-0.4, -0.2) is 5.71 Å². The second kappa shape index (κ2) is 6.67. The van der Waals surface area contributed by atoms with Gasteiger partial charge in [0.05, 0.1) is 5.71 Å². The van der Waals surface area contributed by atoms with E-state index < -0.39 is 0 Å². The number of benzene rings is 3. The van der Waals surface area contributed by atoms with Crippen LogP contribution in [0, 0.1) is 5.82 Å². The normalized spacial score (nSPS) is 10.3. The highest BCUT2D eigenvalue weighted by Crippen LogP contribution is 2.25. The van der Waals surface area contributed by atoms with Crippen molar-refractivity contribution in [3.05, 3.63) is 100 Å². The minimum atomic E-state index is -0.340. The van der Waals surface area contributed by atoms with E-state index in [4.69, 9.17) is 0 Å². The van der Waals surface area contributed by atoms with E-state index in [2.05, 4.69) is 20.9 Å². The summed E-state index contributed by atoms with van der Waals surface area (Å²) >= 11 is 3.36. The molecule has 0 N–H and O–H groups in total. The minimum Gasteiger partial charge on any atom is -0.245 e. The molecule has 0 radical (unpaired) electrons. The van der Waals surface area contributed by atoms with E-state index >= 15 is 0 Å². The second-order valence-electron chi connectivity index (χ2n) is 4.79. The third kappa shape index (κ3) is 3.31. The molecule has 3 heteroatoms. The Labute approximate surface area is 137 Å². The first-order valence-corrected chi connectivity index (χ1v) is 7.68. The Morgan fingerprint density at radius 3 is 1.86 bits per heavy atom. The maximum Gasteiger partial charge on any atom is 0.148 e. The summed E-state index contributed by atoms with van der Waals surface area (Å²) in [6.45, 7) is 0. The monoisotopic (exact) mass is 353 g/mol. The summed E-state index contributed by atoms with van der Waals surface area (Å²) < 4.78 is 14.8. The third-order valence-electron chi connectivity index (χ3n) is 3.23. The highest BCUT2D eigenvalue weighted by molar-refractivity contribution is 9.10. The van der Waals surface area contributed by atoms with Crippen molar-refractivity contribution in [1.82, 2.24) is 0 Å². The van der Waals surface area contributed by atoms with Crippen molar-refractivity contribution in [2.75, 3.05) is 0 Å². The summed E-state index contributed by atoms with van der Waals surface area (Å²) in [7, 11) is 0. The van der Waals surface area contributed by atoms with Crippen LogP contribution >= 0.6 is 15.9 Å². The zero-order valence-electron chi connectivity index (χ0n) is 11.7. The Morgan fingerprint density at radius 2 is 1.32 bits per heavy atom. The van der Waals surface area contributed by atoms with Crippen molar-refractivity contribution in [2.45, 2.75) is 0 Å². The molecule has 0 spiro atoms. The van der Waals surface area contributed by atoms with Gasteiger partial charge in [0.2, 0.25) is 0 Å². The Bertz CT molecular complexity index is 757. The SMILES string of the molecule is Fc1ccc(Br)cc1N=C(c1ccccc1)c1ccccc1. The average molecular weight is 354 g/mol. The summed E-state index contributed by atoms with van der Waals surface area (Å²) in [4.78, 5) is 4.57. The maximum atomic E-state index is 14.0. The van der Waals surface area contributed by atoms with Crippen LogP contribution in [0.5, 0.6) is 0 Å². The molecule has 0 amide bonds. The molecule has 0 saturated heterocycles. The molecule has 0 aliphatic rings. The van der Waals surface area contributed by atoms with E-state index in [1.54, 1.807) is 12.1 Å². The summed E-state index contributed by atoms with van der Waals surface area (Å²) in [6, 6.07) is 24.4. The van der Waals surface area contributed by atoms with Crippen molar-refractivity contribution < 1.29 is 4.39 Å². The number of aliphatic imine (C=N–C) groups is 1. The van der Waals surface area contributed by atoms with Crippen LogP contribution in [0.25, 0.3) is 0 Å². The Morgan fingerprint density at radius 1 is 0.773 bits per heavy atom. The smallest absolute Gasteiger partial charge is 0.148 e. The van der Waals surface area contributed by atoms with Crippen molar-refractivity contribution >= 4 is 27.3 Å². The largest absolute Gasteiger partial charge is 0.245 e. The van der Waals surface area contributed by atoms with Gasteiger partial charge in [-0.25, -0.2) is 9.38 Å². The molecule has 0 saturated carbocycles. The Hall–Kier alpha value is -2.26. The predicted octanol–water partition coefficient (Wildman–Crippen LogP) is 5.76. The predicted molar refractivity (Wildman–Crippen MR) is 92.3 cm³/mol. The zero-order chi connectivity index (χ0) is 15.4. The van der Waals surface area contributed by atoms with Crippen LogP contribution in [0.15, 0.2) is 88.3 Å². The topological polar surface area (TPSA) is 12.4 Å². The summed E-state index contributed by atoms with van der Waals surface area (Å²) in [5.74, 6) is -0.340. The molecule has 0 bridgehead atoms. The first kappa shape index (κ1) is 14.7. The van der Waals surface area contributed by atoms with Crippen molar-refractivity contribution in [1.29, 1.82) is 0 Å². The summed E-state index contributed by atoms with van der Waals surface area (Å²) in [5, 5.41) is 0. The number of hydrogen-bond acceptors (Lipinski definition) is 1. The molecular formula is C19H13BrFN.